The fourth-order valence-corrected chi connectivity index (χ4v) is 3.02. The van der Waals surface area contributed by atoms with Gasteiger partial charge in [-0.25, -0.2) is 4.98 Å². The minimum atomic E-state index is 0.650. The maximum absolute atomic E-state index is 5.48. The van der Waals surface area contributed by atoms with Crippen LogP contribution in [0.3, 0.4) is 0 Å². The topological polar surface area (TPSA) is 79.0 Å². The lowest BCUT2D eigenvalue weighted by Gasteiger charge is -2.08. The normalized spacial score (nSPS) is 11.0. The number of rotatable bonds is 5. The Balaban J connectivity index is 1.72. The van der Waals surface area contributed by atoms with Crippen LogP contribution in [0, 0.1) is 0 Å². The van der Waals surface area contributed by atoms with E-state index in [9.17, 15) is 0 Å². The lowest BCUT2D eigenvalue weighted by molar-refractivity contribution is 0.416. The number of ether oxygens (including phenoxy) is 2. The molecule has 0 saturated carbocycles. The van der Waals surface area contributed by atoms with Crippen LogP contribution in [0.2, 0.25) is 0 Å². The van der Waals surface area contributed by atoms with Crippen molar-refractivity contribution in [2.45, 2.75) is 0 Å². The smallest absolute Gasteiger partial charge is 0.163 e. The zero-order valence-corrected chi connectivity index (χ0v) is 15.6. The van der Waals surface area contributed by atoms with Gasteiger partial charge in [0.1, 0.15) is 23.1 Å². The molecule has 8 nitrogen and oxygen atoms in total. The summed E-state index contributed by atoms with van der Waals surface area (Å²) in [6, 6.07) is 11.6. The molecule has 27 heavy (non-hydrogen) atoms. The maximum Gasteiger partial charge on any atom is 0.163 e. The van der Waals surface area contributed by atoms with E-state index >= 15 is 0 Å². The Kier molecular flexibility index (Phi) is 4.15. The Bertz CT molecular complexity index is 1110. The van der Waals surface area contributed by atoms with Crippen molar-refractivity contribution in [1.29, 1.82) is 0 Å². The Labute approximate surface area is 156 Å². The predicted molar refractivity (Wildman–Crippen MR) is 104 cm³/mol. The molecule has 0 radical (unpaired) electrons. The molecule has 4 aromatic rings. The molecule has 0 spiro atoms. The van der Waals surface area contributed by atoms with Crippen molar-refractivity contribution in [2.24, 2.45) is 14.1 Å². The van der Waals surface area contributed by atoms with Crippen LogP contribution in [0.1, 0.15) is 0 Å². The number of para-hydroxylation sites is 1. The molecule has 1 aromatic carbocycles. The van der Waals surface area contributed by atoms with Crippen LogP contribution >= 0.6 is 0 Å². The van der Waals surface area contributed by atoms with E-state index in [1.54, 1.807) is 29.8 Å². The molecule has 0 fully saturated rings. The second kappa shape index (κ2) is 6.64. The highest BCUT2D eigenvalue weighted by atomic mass is 16.5. The van der Waals surface area contributed by atoms with E-state index < -0.39 is 0 Å². The summed E-state index contributed by atoms with van der Waals surface area (Å²) >= 11 is 0. The van der Waals surface area contributed by atoms with Crippen LogP contribution < -0.4 is 14.8 Å². The van der Waals surface area contributed by atoms with Crippen LogP contribution in [0.5, 0.6) is 11.5 Å². The summed E-state index contributed by atoms with van der Waals surface area (Å²) in [4.78, 5) is 4.64. The summed E-state index contributed by atoms with van der Waals surface area (Å²) in [6.07, 6.45) is 1.74. The first kappa shape index (κ1) is 16.9. The summed E-state index contributed by atoms with van der Waals surface area (Å²) < 4.78 is 14.4. The summed E-state index contributed by atoms with van der Waals surface area (Å²) in [5.74, 6) is 2.94. The van der Waals surface area contributed by atoms with Gasteiger partial charge in [0.2, 0.25) is 0 Å². The van der Waals surface area contributed by atoms with Crippen LogP contribution in [0.4, 0.5) is 11.6 Å². The number of hydrogen-bond acceptors (Lipinski definition) is 6. The van der Waals surface area contributed by atoms with Gasteiger partial charge in [0.05, 0.1) is 31.5 Å². The number of fused-ring (bicyclic) bond motifs is 1. The first-order valence-corrected chi connectivity index (χ1v) is 8.42. The Morgan fingerprint density at radius 1 is 0.963 bits per heavy atom. The third kappa shape index (κ3) is 2.95. The van der Waals surface area contributed by atoms with Gasteiger partial charge in [-0.2, -0.15) is 10.2 Å². The van der Waals surface area contributed by atoms with Crippen molar-refractivity contribution in [1.82, 2.24) is 24.5 Å². The molecule has 138 valence electrons. The van der Waals surface area contributed by atoms with Gasteiger partial charge >= 0.3 is 0 Å². The van der Waals surface area contributed by atoms with Crippen molar-refractivity contribution >= 4 is 22.7 Å². The van der Waals surface area contributed by atoms with Crippen molar-refractivity contribution in [2.75, 3.05) is 19.5 Å². The summed E-state index contributed by atoms with van der Waals surface area (Å²) in [5, 5.41) is 13.0. The number of aryl methyl sites for hydroxylation is 2. The van der Waals surface area contributed by atoms with Gasteiger partial charge in [-0.3, -0.25) is 9.36 Å². The van der Waals surface area contributed by atoms with Gasteiger partial charge in [0.25, 0.3) is 0 Å². The summed E-state index contributed by atoms with van der Waals surface area (Å²) in [6.45, 7) is 0. The molecular formula is C19H20N6O2. The van der Waals surface area contributed by atoms with Gasteiger partial charge < -0.3 is 14.8 Å². The van der Waals surface area contributed by atoms with Gasteiger partial charge in [-0.15, -0.1) is 0 Å². The van der Waals surface area contributed by atoms with E-state index in [0.717, 1.165) is 33.9 Å². The number of hydrogen-bond donors (Lipinski definition) is 1. The Morgan fingerprint density at radius 2 is 1.74 bits per heavy atom. The number of methoxy groups -OCH3 is 2. The molecule has 0 bridgehead atoms. The number of pyridine rings is 1. The van der Waals surface area contributed by atoms with Crippen LogP contribution in [0.15, 0.2) is 42.6 Å². The molecule has 0 aliphatic carbocycles. The highest BCUT2D eigenvalue weighted by Crippen LogP contribution is 2.32. The van der Waals surface area contributed by atoms with E-state index in [1.165, 1.54) is 0 Å². The van der Waals surface area contributed by atoms with Crippen LogP contribution in [-0.2, 0) is 14.1 Å². The molecule has 3 heterocycles. The first-order chi connectivity index (χ1) is 13.1. The zero-order chi connectivity index (χ0) is 19.0. The van der Waals surface area contributed by atoms with Crippen LogP contribution in [0.25, 0.3) is 22.3 Å². The lowest BCUT2D eigenvalue weighted by Crippen LogP contribution is -2.02. The maximum atomic E-state index is 5.48. The van der Waals surface area contributed by atoms with Crippen molar-refractivity contribution < 1.29 is 9.47 Å². The molecule has 1 N–H and O–H groups in total. The molecular weight excluding hydrogens is 344 g/mol. The van der Waals surface area contributed by atoms with Crippen molar-refractivity contribution in [3.63, 3.8) is 0 Å². The molecule has 0 unspecified atom stereocenters. The second-order valence-corrected chi connectivity index (χ2v) is 6.08. The minimum absolute atomic E-state index is 0.650. The monoisotopic (exact) mass is 364 g/mol. The number of anilines is 2. The van der Waals surface area contributed by atoms with E-state index in [1.807, 2.05) is 50.5 Å². The van der Waals surface area contributed by atoms with Gasteiger partial charge in [0.15, 0.2) is 5.65 Å². The lowest BCUT2D eigenvalue weighted by atomic mass is 10.1. The molecule has 4 rings (SSSR count). The van der Waals surface area contributed by atoms with E-state index in [-0.39, 0.29) is 0 Å². The van der Waals surface area contributed by atoms with Gasteiger partial charge in [-0.1, -0.05) is 12.1 Å². The fourth-order valence-electron chi connectivity index (χ4n) is 3.02. The van der Waals surface area contributed by atoms with E-state index in [0.29, 0.717) is 11.6 Å². The molecule has 0 amide bonds. The molecule has 8 heteroatoms. The summed E-state index contributed by atoms with van der Waals surface area (Å²) in [7, 11) is 7.01. The highest BCUT2D eigenvalue weighted by Gasteiger charge is 2.14. The van der Waals surface area contributed by atoms with Gasteiger partial charge in [0, 0.05) is 31.8 Å². The minimum Gasteiger partial charge on any atom is -0.496 e. The molecule has 0 atom stereocenters. The van der Waals surface area contributed by atoms with E-state index in [2.05, 4.69) is 20.5 Å². The fraction of sp³-hybridized carbons (Fsp3) is 0.211. The molecule has 0 aliphatic heterocycles. The zero-order valence-electron chi connectivity index (χ0n) is 15.6. The molecule has 0 aliphatic rings. The third-order valence-electron chi connectivity index (χ3n) is 4.41. The number of nitrogens with one attached hydrogen (secondary N) is 1. The van der Waals surface area contributed by atoms with Crippen molar-refractivity contribution in [3.8, 4) is 22.8 Å². The number of aromatic nitrogens is 5. The quantitative estimate of drug-likeness (QED) is 0.586. The largest absolute Gasteiger partial charge is 0.496 e. The predicted octanol–water partition coefficient (Wildman–Crippen LogP) is 3.13. The van der Waals surface area contributed by atoms with Crippen LogP contribution in [-0.4, -0.2) is 38.8 Å². The SMILES string of the molecule is COc1ccccc1-c1cc(Nc2cc(OC)c3cnn(C)c3n2)n(C)n1. The van der Waals surface area contributed by atoms with E-state index in [4.69, 9.17) is 9.47 Å². The first-order valence-electron chi connectivity index (χ1n) is 8.42. The molecule has 3 aromatic heterocycles. The number of benzene rings is 1. The van der Waals surface area contributed by atoms with Gasteiger partial charge in [-0.05, 0) is 12.1 Å². The Morgan fingerprint density at radius 3 is 2.52 bits per heavy atom. The standard InChI is InChI=1S/C19H20N6O2/c1-24-18(9-14(23-24)12-7-5-6-8-15(12)26-3)21-17-10-16(27-4)13-11-20-25(2)19(13)22-17/h5-11H,1-4H3,(H,21,22). The average molecular weight is 364 g/mol. The number of nitrogens with zero attached hydrogens (tertiary/aromatic N) is 5. The molecule has 0 saturated heterocycles. The third-order valence-corrected chi connectivity index (χ3v) is 4.41. The highest BCUT2D eigenvalue weighted by molar-refractivity contribution is 5.84. The summed E-state index contributed by atoms with van der Waals surface area (Å²) in [5.41, 5.74) is 2.48. The average Bonchev–Trinajstić information content (AvgIpc) is 3.24. The van der Waals surface area contributed by atoms with Crippen molar-refractivity contribution in [3.05, 3.63) is 42.6 Å². The second-order valence-electron chi connectivity index (χ2n) is 6.08. The Hall–Kier alpha value is -3.55.